The van der Waals surface area contributed by atoms with Gasteiger partial charge in [0.15, 0.2) is 0 Å². The van der Waals surface area contributed by atoms with Gasteiger partial charge >= 0.3 is 0 Å². The largest absolute Gasteiger partial charge is 0.423 e. The predicted octanol–water partition coefficient (Wildman–Crippen LogP) is 3.57. The van der Waals surface area contributed by atoms with E-state index in [-0.39, 0.29) is 17.8 Å². The molecule has 3 N–H and O–H groups in total. The molecule has 0 radical (unpaired) electrons. The number of hydrazine groups is 1. The van der Waals surface area contributed by atoms with Crippen molar-refractivity contribution in [3.63, 3.8) is 0 Å². The van der Waals surface area contributed by atoms with Crippen molar-refractivity contribution < 1.29 is 4.74 Å². The van der Waals surface area contributed by atoms with Crippen LogP contribution in [0.4, 0.5) is 0 Å². The molecule has 2 aromatic heterocycles. The Labute approximate surface area is 192 Å². The van der Waals surface area contributed by atoms with Crippen molar-refractivity contribution in [2.75, 3.05) is 7.05 Å². The van der Waals surface area contributed by atoms with Crippen LogP contribution in [0.25, 0.3) is 17.1 Å². The highest BCUT2D eigenvalue weighted by atomic mass is 16.5. The number of pyridine rings is 1. The fourth-order valence-corrected chi connectivity index (χ4v) is 4.64. The minimum Gasteiger partial charge on any atom is -0.423 e. The molecule has 5 rings (SSSR count). The third-order valence-electron chi connectivity index (χ3n) is 6.11. The molecule has 2 atom stereocenters. The highest BCUT2D eigenvalue weighted by Gasteiger charge is 2.42. The first-order valence-electron chi connectivity index (χ1n) is 11.0. The van der Waals surface area contributed by atoms with Gasteiger partial charge in [0.05, 0.1) is 12.0 Å². The Bertz CT molecular complexity index is 1270. The van der Waals surface area contributed by atoms with Gasteiger partial charge in [0.2, 0.25) is 11.8 Å². The average Bonchev–Trinajstić information content (AvgIpc) is 3.44. The molecule has 4 heterocycles. The number of ether oxygens (including phenoxy) is 1. The summed E-state index contributed by atoms with van der Waals surface area (Å²) in [5.74, 6) is 1.40. The first kappa shape index (κ1) is 20.8. The second-order valence-electron chi connectivity index (χ2n) is 8.17. The molecule has 33 heavy (non-hydrogen) atoms. The molecule has 2 aliphatic rings. The topological polar surface area (TPSA) is 105 Å². The maximum absolute atomic E-state index is 9.92. The molecule has 0 fully saturated rings. The van der Waals surface area contributed by atoms with Crippen molar-refractivity contribution in [2.45, 2.75) is 31.7 Å². The summed E-state index contributed by atoms with van der Waals surface area (Å²) in [5.41, 5.74) is 14.0. The van der Waals surface area contributed by atoms with Gasteiger partial charge in [0.1, 0.15) is 17.5 Å². The lowest BCUT2D eigenvalue weighted by molar-refractivity contribution is 0.152. The number of rotatable bonds is 5. The van der Waals surface area contributed by atoms with Gasteiger partial charge in [0.25, 0.3) is 0 Å². The first-order valence-corrected chi connectivity index (χ1v) is 11.0. The van der Waals surface area contributed by atoms with E-state index in [0.29, 0.717) is 11.5 Å². The molecule has 1 aromatic carbocycles. The fraction of sp³-hybridized carbons (Fsp3) is 0.240. The van der Waals surface area contributed by atoms with E-state index in [1.54, 1.807) is 18.6 Å². The van der Waals surface area contributed by atoms with Gasteiger partial charge in [0, 0.05) is 48.7 Å². The van der Waals surface area contributed by atoms with Crippen LogP contribution in [0.2, 0.25) is 0 Å². The second kappa shape index (κ2) is 8.45. The van der Waals surface area contributed by atoms with Crippen LogP contribution in [0, 0.1) is 11.3 Å². The van der Waals surface area contributed by atoms with E-state index in [4.69, 9.17) is 10.5 Å². The second-order valence-corrected chi connectivity index (χ2v) is 8.17. The van der Waals surface area contributed by atoms with E-state index in [1.165, 1.54) is 0 Å². The average molecular weight is 440 g/mol. The number of aromatic nitrogens is 3. The number of hydrogen-bond donors (Lipinski definition) is 2. The standard InChI is InChI=1S/C25H25N7O/c1-3-5-20-22-21(19(14-26)23(27)33-25(22)31(2)30-20)16-7-9-18(10-8-16)32-13-12-29-24(32)17-6-4-11-28-15-17/h4,6-13,15,20-21,30H,3,5,27H2,1-2H3. The third kappa shape index (κ3) is 3.52. The summed E-state index contributed by atoms with van der Waals surface area (Å²) in [4.78, 5) is 8.72. The molecule has 8 heteroatoms. The van der Waals surface area contributed by atoms with E-state index in [2.05, 4.69) is 40.5 Å². The SMILES string of the molecule is CCCC1NN(C)C2=C1C(c1ccc(-n3ccnc3-c3cccnc3)cc1)C(C#N)=C(N)O2. The summed E-state index contributed by atoms with van der Waals surface area (Å²) in [6.45, 7) is 2.15. The van der Waals surface area contributed by atoms with E-state index >= 15 is 0 Å². The van der Waals surface area contributed by atoms with Crippen LogP contribution in [0.1, 0.15) is 31.2 Å². The lowest BCUT2D eigenvalue weighted by atomic mass is 9.80. The normalized spacial score (nSPS) is 20.0. The first-order chi connectivity index (χ1) is 16.1. The molecular formula is C25H25N7O. The smallest absolute Gasteiger partial charge is 0.213 e. The van der Waals surface area contributed by atoms with Gasteiger partial charge < -0.3 is 10.5 Å². The Morgan fingerprint density at radius 3 is 2.73 bits per heavy atom. The number of nitrogens with one attached hydrogen (secondary N) is 1. The number of nitrogens with zero attached hydrogens (tertiary/aromatic N) is 5. The van der Waals surface area contributed by atoms with Crippen LogP contribution in [0.5, 0.6) is 0 Å². The van der Waals surface area contributed by atoms with Crippen molar-refractivity contribution in [2.24, 2.45) is 5.73 Å². The number of imidazole rings is 1. The molecule has 8 nitrogen and oxygen atoms in total. The Kier molecular flexibility index (Phi) is 5.32. The van der Waals surface area contributed by atoms with Gasteiger partial charge in [-0.3, -0.25) is 14.6 Å². The van der Waals surface area contributed by atoms with Gasteiger partial charge in [-0.1, -0.05) is 25.5 Å². The summed E-state index contributed by atoms with van der Waals surface area (Å²) < 4.78 is 7.88. The zero-order chi connectivity index (χ0) is 22.9. The summed E-state index contributed by atoms with van der Waals surface area (Å²) >= 11 is 0. The van der Waals surface area contributed by atoms with E-state index in [0.717, 1.165) is 41.1 Å². The molecule has 0 saturated heterocycles. The summed E-state index contributed by atoms with van der Waals surface area (Å²) in [7, 11) is 1.91. The highest BCUT2D eigenvalue weighted by molar-refractivity contribution is 5.58. The van der Waals surface area contributed by atoms with Gasteiger partial charge in [-0.2, -0.15) is 5.26 Å². The Morgan fingerprint density at radius 1 is 1.21 bits per heavy atom. The molecule has 2 aliphatic heterocycles. The third-order valence-corrected chi connectivity index (χ3v) is 6.11. The number of nitrogens with two attached hydrogens (primary N) is 1. The van der Waals surface area contributed by atoms with E-state index in [1.807, 2.05) is 47.1 Å². The summed E-state index contributed by atoms with van der Waals surface area (Å²) in [6, 6.07) is 14.4. The highest BCUT2D eigenvalue weighted by Crippen LogP contribution is 2.44. The Morgan fingerprint density at radius 2 is 2.03 bits per heavy atom. The number of hydrogen-bond acceptors (Lipinski definition) is 7. The van der Waals surface area contributed by atoms with Crippen LogP contribution in [-0.4, -0.2) is 32.6 Å². The number of nitriles is 1. The van der Waals surface area contributed by atoms with Crippen LogP contribution < -0.4 is 11.2 Å². The van der Waals surface area contributed by atoms with Gasteiger partial charge in [-0.25, -0.2) is 10.4 Å². The number of benzene rings is 1. The molecule has 3 aromatic rings. The van der Waals surface area contributed by atoms with Gasteiger partial charge in [-0.05, 0) is 36.2 Å². The minimum atomic E-state index is -0.262. The summed E-state index contributed by atoms with van der Waals surface area (Å²) in [5, 5.41) is 11.8. The summed E-state index contributed by atoms with van der Waals surface area (Å²) in [6.07, 6.45) is 9.19. The Balaban J connectivity index is 1.55. The monoisotopic (exact) mass is 439 g/mol. The zero-order valence-corrected chi connectivity index (χ0v) is 18.6. The van der Waals surface area contributed by atoms with Crippen molar-refractivity contribution in [3.8, 4) is 23.1 Å². The van der Waals surface area contributed by atoms with Crippen LogP contribution in [0.15, 0.2) is 84.1 Å². The quantitative estimate of drug-likeness (QED) is 0.626. The predicted molar refractivity (Wildman–Crippen MR) is 124 cm³/mol. The Hall–Kier alpha value is -4.09. The zero-order valence-electron chi connectivity index (χ0n) is 18.6. The minimum absolute atomic E-state index is 0.0851. The van der Waals surface area contributed by atoms with Crippen molar-refractivity contribution in [3.05, 3.63) is 89.7 Å². The van der Waals surface area contributed by atoms with Crippen LogP contribution in [0.3, 0.4) is 0 Å². The molecule has 0 saturated carbocycles. The number of allylic oxidation sites excluding steroid dienone is 1. The molecule has 0 bridgehead atoms. The van der Waals surface area contributed by atoms with Crippen molar-refractivity contribution in [1.29, 1.82) is 5.26 Å². The van der Waals surface area contributed by atoms with E-state index in [9.17, 15) is 5.26 Å². The van der Waals surface area contributed by atoms with Crippen LogP contribution in [-0.2, 0) is 4.74 Å². The lowest BCUT2D eigenvalue weighted by Crippen LogP contribution is -2.35. The molecular weight excluding hydrogens is 414 g/mol. The van der Waals surface area contributed by atoms with Gasteiger partial charge in [-0.15, -0.1) is 0 Å². The lowest BCUT2D eigenvalue weighted by Gasteiger charge is -2.28. The maximum Gasteiger partial charge on any atom is 0.213 e. The molecule has 2 unspecified atom stereocenters. The molecule has 166 valence electrons. The fourth-order valence-electron chi connectivity index (χ4n) is 4.64. The molecule has 0 aliphatic carbocycles. The van der Waals surface area contributed by atoms with Crippen LogP contribution >= 0.6 is 0 Å². The van der Waals surface area contributed by atoms with Crippen molar-refractivity contribution in [1.82, 2.24) is 25.0 Å². The maximum atomic E-state index is 9.92. The van der Waals surface area contributed by atoms with Crippen molar-refractivity contribution >= 4 is 0 Å². The molecule has 0 amide bonds. The van der Waals surface area contributed by atoms with E-state index < -0.39 is 0 Å². The molecule has 0 spiro atoms.